The third-order valence-corrected chi connectivity index (χ3v) is 4.83. The maximum absolute atomic E-state index is 11.2. The number of rotatable bonds is 7. The van der Waals surface area contributed by atoms with Gasteiger partial charge in [-0.25, -0.2) is 9.97 Å². The number of anilines is 1. The molecule has 0 atom stereocenters. The normalized spacial score (nSPS) is 10.7. The summed E-state index contributed by atoms with van der Waals surface area (Å²) in [5, 5.41) is 15.0. The molecule has 0 aliphatic carbocycles. The number of benzene rings is 3. The minimum Gasteiger partial charge on any atom is -0.489 e. The van der Waals surface area contributed by atoms with Crippen LogP contribution >= 0.6 is 11.6 Å². The van der Waals surface area contributed by atoms with Crippen molar-refractivity contribution in [3.8, 4) is 5.75 Å². The second kappa shape index (κ2) is 8.75. The Balaban J connectivity index is 1.45. The number of ether oxygens (including phenoxy) is 1. The van der Waals surface area contributed by atoms with Gasteiger partial charge in [0.25, 0.3) is 5.69 Å². The molecule has 0 spiro atoms. The third-order valence-electron chi connectivity index (χ3n) is 4.53. The lowest BCUT2D eigenvalue weighted by atomic mass is 10.2. The van der Waals surface area contributed by atoms with Gasteiger partial charge in [-0.2, -0.15) is 0 Å². The number of nitro groups is 1. The van der Waals surface area contributed by atoms with Crippen LogP contribution in [0.1, 0.15) is 11.1 Å². The van der Waals surface area contributed by atoms with Crippen LogP contribution in [0.4, 0.5) is 11.5 Å². The van der Waals surface area contributed by atoms with Gasteiger partial charge in [-0.1, -0.05) is 54.1 Å². The number of hydrogen-bond acceptors (Lipinski definition) is 6. The smallest absolute Gasteiger partial charge is 0.288 e. The van der Waals surface area contributed by atoms with Crippen molar-refractivity contribution in [2.24, 2.45) is 0 Å². The first-order valence-electron chi connectivity index (χ1n) is 9.18. The second-order valence-corrected chi connectivity index (χ2v) is 6.98. The van der Waals surface area contributed by atoms with Crippen molar-refractivity contribution in [1.82, 2.24) is 9.97 Å². The lowest BCUT2D eigenvalue weighted by Crippen LogP contribution is -2.03. The lowest BCUT2D eigenvalue weighted by Gasteiger charge is -2.10. The number of nitrogens with one attached hydrogen (secondary N) is 1. The van der Waals surface area contributed by atoms with Gasteiger partial charge >= 0.3 is 0 Å². The van der Waals surface area contributed by atoms with Crippen LogP contribution < -0.4 is 10.1 Å². The average molecular weight is 421 g/mol. The van der Waals surface area contributed by atoms with Gasteiger partial charge in [-0.15, -0.1) is 0 Å². The first kappa shape index (κ1) is 19.6. The van der Waals surface area contributed by atoms with Crippen LogP contribution in [-0.4, -0.2) is 14.9 Å². The summed E-state index contributed by atoms with van der Waals surface area (Å²) in [5.41, 5.74) is 2.47. The molecule has 7 nitrogen and oxygen atoms in total. The monoisotopic (exact) mass is 420 g/mol. The Bertz CT molecular complexity index is 1180. The molecule has 1 N–H and O–H groups in total. The van der Waals surface area contributed by atoms with E-state index in [1.165, 1.54) is 18.5 Å². The van der Waals surface area contributed by atoms with Crippen molar-refractivity contribution in [2.75, 3.05) is 5.32 Å². The fraction of sp³-hybridized carbons (Fsp3) is 0.0909. The molecule has 8 heteroatoms. The highest BCUT2D eigenvalue weighted by Gasteiger charge is 2.16. The van der Waals surface area contributed by atoms with E-state index in [2.05, 4.69) is 15.3 Å². The van der Waals surface area contributed by atoms with Crippen molar-refractivity contribution >= 4 is 34.0 Å². The van der Waals surface area contributed by atoms with Crippen LogP contribution in [0.3, 0.4) is 0 Å². The summed E-state index contributed by atoms with van der Waals surface area (Å²) in [7, 11) is 0. The van der Waals surface area contributed by atoms with Gasteiger partial charge in [-0.05, 0) is 29.3 Å². The average Bonchev–Trinajstić information content (AvgIpc) is 2.77. The van der Waals surface area contributed by atoms with Crippen molar-refractivity contribution in [3.63, 3.8) is 0 Å². The molecular formula is C22H17ClN4O3. The molecule has 150 valence electrons. The van der Waals surface area contributed by atoms with Crippen LogP contribution in [0.5, 0.6) is 5.75 Å². The third kappa shape index (κ3) is 4.47. The highest BCUT2D eigenvalue weighted by molar-refractivity contribution is 6.33. The van der Waals surface area contributed by atoms with E-state index in [0.717, 1.165) is 16.9 Å². The summed E-state index contributed by atoms with van der Waals surface area (Å²) in [5.74, 6) is 1.28. The largest absolute Gasteiger partial charge is 0.489 e. The molecule has 0 aliphatic heterocycles. The fourth-order valence-corrected chi connectivity index (χ4v) is 3.20. The van der Waals surface area contributed by atoms with Crippen LogP contribution in [0, 0.1) is 10.1 Å². The number of fused-ring (bicyclic) bond motifs is 1. The number of hydrogen-bond donors (Lipinski definition) is 1. The highest BCUT2D eigenvalue weighted by atomic mass is 35.5. The first-order chi connectivity index (χ1) is 14.6. The zero-order valence-corrected chi connectivity index (χ0v) is 16.5. The molecule has 4 aromatic rings. The summed E-state index contributed by atoms with van der Waals surface area (Å²) < 4.78 is 5.80. The molecule has 0 radical (unpaired) electrons. The Labute approximate surface area is 177 Å². The molecule has 0 unspecified atom stereocenters. The molecule has 0 amide bonds. The van der Waals surface area contributed by atoms with Gasteiger partial charge in [0.05, 0.1) is 10.4 Å². The van der Waals surface area contributed by atoms with Gasteiger partial charge in [0.2, 0.25) is 0 Å². The Kier molecular flexibility index (Phi) is 5.72. The van der Waals surface area contributed by atoms with E-state index in [9.17, 15) is 10.1 Å². The first-order valence-corrected chi connectivity index (χ1v) is 9.56. The summed E-state index contributed by atoms with van der Waals surface area (Å²) in [4.78, 5) is 19.0. The maximum Gasteiger partial charge on any atom is 0.288 e. The predicted octanol–water partition coefficient (Wildman–Crippen LogP) is 5.38. The number of halogens is 1. The maximum atomic E-state index is 11.2. The number of aromatic nitrogens is 2. The van der Waals surface area contributed by atoms with Crippen LogP contribution in [0.2, 0.25) is 5.02 Å². The molecule has 1 heterocycles. The molecule has 0 aliphatic rings. The van der Waals surface area contributed by atoms with Crippen LogP contribution in [0.25, 0.3) is 10.9 Å². The van der Waals surface area contributed by atoms with E-state index in [4.69, 9.17) is 16.3 Å². The molecule has 3 aromatic carbocycles. The van der Waals surface area contributed by atoms with Crippen molar-refractivity contribution in [3.05, 3.63) is 99.3 Å². The number of nitro benzene ring substituents is 1. The van der Waals surface area contributed by atoms with E-state index in [1.54, 1.807) is 0 Å². The minimum absolute atomic E-state index is 0.0447. The highest BCUT2D eigenvalue weighted by Crippen LogP contribution is 2.31. The quantitative estimate of drug-likeness (QED) is 0.318. The van der Waals surface area contributed by atoms with E-state index >= 15 is 0 Å². The van der Waals surface area contributed by atoms with Crippen LogP contribution in [-0.2, 0) is 13.2 Å². The lowest BCUT2D eigenvalue weighted by molar-refractivity contribution is -0.384. The molecule has 1 aromatic heterocycles. The Morgan fingerprint density at radius 1 is 1.00 bits per heavy atom. The summed E-state index contributed by atoms with van der Waals surface area (Å²) in [6, 6.07) is 20.5. The summed E-state index contributed by atoms with van der Waals surface area (Å²) in [6.07, 6.45) is 1.40. The van der Waals surface area contributed by atoms with E-state index < -0.39 is 4.92 Å². The van der Waals surface area contributed by atoms with Gasteiger partial charge < -0.3 is 10.1 Å². The number of nitrogens with zero attached hydrogens (tertiary/aromatic N) is 3. The zero-order chi connectivity index (χ0) is 20.9. The topological polar surface area (TPSA) is 90.2 Å². The van der Waals surface area contributed by atoms with Crippen molar-refractivity contribution < 1.29 is 9.66 Å². The van der Waals surface area contributed by atoms with E-state index in [1.807, 2.05) is 54.6 Å². The molecule has 30 heavy (non-hydrogen) atoms. The van der Waals surface area contributed by atoms with E-state index in [0.29, 0.717) is 29.9 Å². The van der Waals surface area contributed by atoms with Gasteiger partial charge in [0.1, 0.15) is 29.5 Å². The van der Waals surface area contributed by atoms with Crippen LogP contribution in [0.15, 0.2) is 73.1 Å². The molecule has 0 saturated heterocycles. The molecule has 0 saturated carbocycles. The van der Waals surface area contributed by atoms with Crippen molar-refractivity contribution in [1.29, 1.82) is 0 Å². The van der Waals surface area contributed by atoms with Gasteiger partial charge in [-0.3, -0.25) is 10.1 Å². The summed E-state index contributed by atoms with van der Waals surface area (Å²) in [6.45, 7) is 0.994. The SMILES string of the molecule is O=[N+]([O-])c1cc2c(NCc3ccc(OCc4ccccc4)cc3)ncnc2cc1Cl. The molecular weight excluding hydrogens is 404 g/mol. The molecule has 0 bridgehead atoms. The fourth-order valence-electron chi connectivity index (χ4n) is 2.98. The zero-order valence-electron chi connectivity index (χ0n) is 15.8. The molecule has 0 fully saturated rings. The Morgan fingerprint density at radius 3 is 2.50 bits per heavy atom. The van der Waals surface area contributed by atoms with Crippen molar-refractivity contribution in [2.45, 2.75) is 13.2 Å². The summed E-state index contributed by atoms with van der Waals surface area (Å²) >= 11 is 5.97. The standard InChI is InChI=1S/C22H17ClN4O3/c23-19-11-20-18(10-21(19)27(28)29)22(26-14-25-20)24-12-15-6-8-17(9-7-15)30-13-16-4-2-1-3-5-16/h1-11,14H,12-13H2,(H,24,25,26). The van der Waals surface area contributed by atoms with Gasteiger partial charge in [0.15, 0.2) is 0 Å². The van der Waals surface area contributed by atoms with Gasteiger partial charge in [0, 0.05) is 18.0 Å². The minimum atomic E-state index is -0.521. The Morgan fingerprint density at radius 2 is 1.77 bits per heavy atom. The Hall–Kier alpha value is -3.71. The molecule has 4 rings (SSSR count). The predicted molar refractivity (Wildman–Crippen MR) is 116 cm³/mol. The second-order valence-electron chi connectivity index (χ2n) is 6.57. The van der Waals surface area contributed by atoms with E-state index in [-0.39, 0.29) is 10.7 Å².